The summed E-state index contributed by atoms with van der Waals surface area (Å²) in [4.78, 5) is 30.2. The van der Waals surface area contributed by atoms with Gasteiger partial charge in [-0.2, -0.15) is 0 Å². The predicted molar refractivity (Wildman–Crippen MR) is 131 cm³/mol. The van der Waals surface area contributed by atoms with E-state index in [9.17, 15) is 9.59 Å². The maximum atomic E-state index is 12.9. The van der Waals surface area contributed by atoms with Crippen molar-refractivity contribution in [2.24, 2.45) is 11.8 Å². The van der Waals surface area contributed by atoms with E-state index in [2.05, 4.69) is 48.0 Å². The number of amides is 2. The quantitative estimate of drug-likeness (QED) is 0.695. The highest BCUT2D eigenvalue weighted by molar-refractivity contribution is 5.92. The molecule has 33 heavy (non-hydrogen) atoms. The lowest BCUT2D eigenvalue weighted by Crippen LogP contribution is -2.54. The summed E-state index contributed by atoms with van der Waals surface area (Å²) in [6, 6.07) is 4.57. The molecule has 0 spiro atoms. The van der Waals surface area contributed by atoms with Crippen LogP contribution in [0.25, 0.3) is 0 Å². The molecule has 1 atom stereocenters. The van der Waals surface area contributed by atoms with Gasteiger partial charge in [-0.25, -0.2) is 0 Å². The van der Waals surface area contributed by atoms with E-state index in [4.69, 9.17) is 4.74 Å². The number of piperazine rings is 1. The van der Waals surface area contributed by atoms with Crippen molar-refractivity contribution in [3.8, 4) is 0 Å². The van der Waals surface area contributed by atoms with Crippen molar-refractivity contribution in [1.29, 1.82) is 0 Å². The van der Waals surface area contributed by atoms with Crippen molar-refractivity contribution in [2.45, 2.75) is 78.3 Å². The van der Waals surface area contributed by atoms with Gasteiger partial charge in [-0.1, -0.05) is 18.9 Å². The molecule has 1 N–H and O–H groups in total. The smallest absolute Gasteiger partial charge is 0.226 e. The van der Waals surface area contributed by atoms with Gasteiger partial charge in [0, 0.05) is 63.5 Å². The molecule has 3 aliphatic rings. The molecule has 3 fully saturated rings. The van der Waals surface area contributed by atoms with E-state index >= 15 is 0 Å². The second kappa shape index (κ2) is 11.0. The molecule has 6 heteroatoms. The third-order valence-electron chi connectivity index (χ3n) is 7.84. The fraction of sp³-hybridized carbons (Fsp3) is 0.704. The van der Waals surface area contributed by atoms with Crippen molar-refractivity contribution in [3.63, 3.8) is 0 Å². The molecule has 0 aromatic heterocycles. The monoisotopic (exact) mass is 455 g/mol. The zero-order valence-corrected chi connectivity index (χ0v) is 20.7. The summed E-state index contributed by atoms with van der Waals surface area (Å²) in [6.45, 7) is 11.4. The van der Waals surface area contributed by atoms with Gasteiger partial charge in [0.05, 0.1) is 0 Å². The largest absolute Gasteiger partial charge is 0.381 e. The number of hydrogen-bond donors (Lipinski definition) is 1. The SMILES string of the molecule is Cc1cc(CN2CCN(C(=O)C3CCCC3)[C@@H](C)C2)c(C)c(NC(=O)CC2CCOCC2)c1. The third kappa shape index (κ3) is 6.15. The molecule has 6 nitrogen and oxygen atoms in total. The van der Waals surface area contributed by atoms with E-state index in [1.807, 2.05) is 0 Å². The molecular formula is C27H41N3O3. The molecule has 1 saturated carbocycles. The van der Waals surface area contributed by atoms with Crippen molar-refractivity contribution >= 4 is 17.5 Å². The summed E-state index contributed by atoms with van der Waals surface area (Å²) in [5.41, 5.74) is 4.52. The summed E-state index contributed by atoms with van der Waals surface area (Å²) in [5, 5.41) is 3.19. The van der Waals surface area contributed by atoms with Gasteiger partial charge in [-0.15, -0.1) is 0 Å². The van der Waals surface area contributed by atoms with Crippen LogP contribution in [0.4, 0.5) is 5.69 Å². The van der Waals surface area contributed by atoms with Gasteiger partial charge in [0.15, 0.2) is 0 Å². The first-order chi connectivity index (χ1) is 15.9. The number of ether oxygens (including phenoxy) is 1. The van der Waals surface area contributed by atoms with Crippen LogP contribution >= 0.6 is 0 Å². The number of aryl methyl sites for hydroxylation is 1. The van der Waals surface area contributed by atoms with E-state index in [0.717, 1.165) is 76.3 Å². The predicted octanol–water partition coefficient (Wildman–Crippen LogP) is 4.28. The van der Waals surface area contributed by atoms with E-state index in [-0.39, 0.29) is 17.9 Å². The lowest BCUT2D eigenvalue weighted by molar-refractivity contribution is -0.140. The second-order valence-electron chi connectivity index (χ2n) is 10.5. The fourth-order valence-electron chi connectivity index (χ4n) is 5.79. The van der Waals surface area contributed by atoms with Gasteiger partial charge < -0.3 is 15.0 Å². The Hall–Kier alpha value is -1.92. The number of hydrogen-bond acceptors (Lipinski definition) is 4. The van der Waals surface area contributed by atoms with Crippen LogP contribution in [-0.2, 0) is 20.9 Å². The van der Waals surface area contributed by atoms with Crippen LogP contribution in [0, 0.1) is 25.7 Å². The number of anilines is 1. The summed E-state index contributed by atoms with van der Waals surface area (Å²) in [7, 11) is 0. The molecule has 2 heterocycles. The topological polar surface area (TPSA) is 61.9 Å². The maximum absolute atomic E-state index is 12.9. The van der Waals surface area contributed by atoms with Crippen molar-refractivity contribution in [1.82, 2.24) is 9.80 Å². The van der Waals surface area contributed by atoms with E-state index in [1.54, 1.807) is 0 Å². The highest BCUT2D eigenvalue weighted by atomic mass is 16.5. The van der Waals surface area contributed by atoms with Crippen molar-refractivity contribution < 1.29 is 14.3 Å². The Morgan fingerprint density at radius 2 is 1.79 bits per heavy atom. The molecule has 2 saturated heterocycles. The third-order valence-corrected chi connectivity index (χ3v) is 7.84. The molecule has 2 amide bonds. The number of nitrogens with one attached hydrogen (secondary N) is 1. The molecule has 4 rings (SSSR count). The van der Waals surface area contributed by atoms with E-state index in [1.165, 1.54) is 24.0 Å². The Balaban J connectivity index is 1.35. The van der Waals surface area contributed by atoms with Crippen LogP contribution in [0.5, 0.6) is 0 Å². The summed E-state index contributed by atoms with van der Waals surface area (Å²) in [6.07, 6.45) is 7.05. The van der Waals surface area contributed by atoms with Crippen molar-refractivity contribution in [2.75, 3.05) is 38.2 Å². The van der Waals surface area contributed by atoms with Crippen LogP contribution in [0.1, 0.15) is 68.6 Å². The number of benzene rings is 1. The molecule has 2 aliphatic heterocycles. The lowest BCUT2D eigenvalue weighted by Gasteiger charge is -2.41. The fourth-order valence-corrected chi connectivity index (χ4v) is 5.79. The number of rotatable bonds is 6. The average molecular weight is 456 g/mol. The zero-order valence-electron chi connectivity index (χ0n) is 20.7. The standard InChI is InChI=1S/C27H41N3O3/c1-19-14-24(21(3)25(15-19)28-26(31)16-22-8-12-33-13-9-22)18-29-10-11-30(20(2)17-29)27(32)23-6-4-5-7-23/h14-15,20,22-23H,4-13,16-18H2,1-3H3,(H,28,31)/t20-/m0/s1. The van der Waals surface area contributed by atoms with Gasteiger partial charge >= 0.3 is 0 Å². The molecule has 1 aliphatic carbocycles. The van der Waals surface area contributed by atoms with Crippen LogP contribution in [0.2, 0.25) is 0 Å². The minimum atomic E-state index is 0.106. The van der Waals surface area contributed by atoms with Crippen LogP contribution in [0.3, 0.4) is 0 Å². The zero-order chi connectivity index (χ0) is 23.4. The molecule has 0 unspecified atom stereocenters. The van der Waals surface area contributed by atoms with Gasteiger partial charge in [0.2, 0.25) is 11.8 Å². The molecule has 1 aromatic carbocycles. The molecule has 0 radical (unpaired) electrons. The van der Waals surface area contributed by atoms with E-state index < -0.39 is 0 Å². The van der Waals surface area contributed by atoms with Gasteiger partial charge in [-0.05, 0) is 75.1 Å². The highest BCUT2D eigenvalue weighted by Crippen LogP contribution is 2.29. The maximum Gasteiger partial charge on any atom is 0.226 e. The molecule has 0 bridgehead atoms. The minimum Gasteiger partial charge on any atom is -0.381 e. The van der Waals surface area contributed by atoms with Gasteiger partial charge in [-0.3, -0.25) is 14.5 Å². The van der Waals surface area contributed by atoms with Crippen LogP contribution in [0.15, 0.2) is 12.1 Å². The van der Waals surface area contributed by atoms with E-state index in [0.29, 0.717) is 18.2 Å². The van der Waals surface area contributed by atoms with Crippen molar-refractivity contribution in [3.05, 3.63) is 28.8 Å². The number of carbonyl (C=O) groups is 2. The van der Waals surface area contributed by atoms with Crippen LogP contribution < -0.4 is 5.32 Å². The average Bonchev–Trinajstić information content (AvgIpc) is 3.32. The second-order valence-corrected chi connectivity index (χ2v) is 10.5. The molecule has 182 valence electrons. The first-order valence-corrected chi connectivity index (χ1v) is 12.9. The molecule has 1 aromatic rings. The first-order valence-electron chi connectivity index (χ1n) is 12.9. The lowest BCUT2D eigenvalue weighted by atomic mass is 9.96. The Kier molecular flexibility index (Phi) is 8.07. The normalized spacial score (nSPS) is 23.1. The highest BCUT2D eigenvalue weighted by Gasteiger charge is 2.33. The minimum absolute atomic E-state index is 0.106. The number of nitrogens with zero attached hydrogens (tertiary/aromatic N) is 2. The Morgan fingerprint density at radius 1 is 1.06 bits per heavy atom. The summed E-state index contributed by atoms with van der Waals surface area (Å²) < 4.78 is 5.42. The number of carbonyl (C=O) groups excluding carboxylic acids is 2. The summed E-state index contributed by atoms with van der Waals surface area (Å²) in [5.74, 6) is 1.16. The van der Waals surface area contributed by atoms with Gasteiger partial charge in [0.1, 0.15) is 0 Å². The Labute approximate surface area is 199 Å². The Morgan fingerprint density at radius 3 is 2.48 bits per heavy atom. The molecular weight excluding hydrogens is 414 g/mol. The summed E-state index contributed by atoms with van der Waals surface area (Å²) >= 11 is 0. The Bertz CT molecular complexity index is 843. The van der Waals surface area contributed by atoms with Crippen LogP contribution in [-0.4, -0.2) is 60.5 Å². The first kappa shape index (κ1) is 24.2. The van der Waals surface area contributed by atoms with Gasteiger partial charge in [0.25, 0.3) is 0 Å².